The molecule has 5 aromatic rings. The Morgan fingerprint density at radius 3 is 0.976 bits per heavy atom. The van der Waals surface area contributed by atoms with Crippen LogP contribution in [-0.4, -0.2) is 21.5 Å². The second-order valence-electron chi connectivity index (χ2n) is 9.17. The molecule has 210 valence electrons. The van der Waals surface area contributed by atoms with Crippen LogP contribution in [-0.2, 0) is 0 Å². The van der Waals surface area contributed by atoms with E-state index in [2.05, 4.69) is 140 Å². The minimum absolute atomic E-state index is 0.0847. The zero-order valence-corrected chi connectivity index (χ0v) is 23.6. The number of benzene rings is 5. The Morgan fingerprint density at radius 2 is 0.732 bits per heavy atom. The molecule has 0 aliphatic carbocycles. The second kappa shape index (κ2) is 13.5. The molecule has 0 N–H and O–H groups in total. The van der Waals surface area contributed by atoms with E-state index in [-0.39, 0.29) is 5.66 Å². The first-order chi connectivity index (χ1) is 19.8. The van der Waals surface area contributed by atoms with Gasteiger partial charge in [0.05, 0.1) is 14.2 Å². The molecule has 5 aromatic carbocycles. The summed E-state index contributed by atoms with van der Waals surface area (Å²) in [7, 11) is -4.81. The lowest BCUT2D eigenvalue weighted by molar-refractivity contribution is 0.368. The van der Waals surface area contributed by atoms with E-state index < -0.39 is 14.5 Å². The predicted octanol–water partition coefficient (Wildman–Crippen LogP) is 8.09. The lowest BCUT2D eigenvalue weighted by Crippen LogP contribution is -2.35. The van der Waals surface area contributed by atoms with E-state index in [0.717, 1.165) is 11.5 Å². The van der Waals surface area contributed by atoms with Crippen LogP contribution in [0, 0.1) is 0 Å². The van der Waals surface area contributed by atoms with Crippen LogP contribution in [0.15, 0.2) is 140 Å². The van der Waals surface area contributed by atoms with Crippen molar-refractivity contribution < 1.29 is 26.7 Å². The lowest BCUT2D eigenvalue weighted by Gasteiger charge is -2.35. The van der Waals surface area contributed by atoms with Gasteiger partial charge in [0.1, 0.15) is 40.3 Å². The van der Waals surface area contributed by atoms with Gasteiger partial charge in [-0.05, 0) is 71.8 Å². The molecule has 5 rings (SSSR count). The normalized spacial score (nSPS) is 11.4. The van der Waals surface area contributed by atoms with Crippen molar-refractivity contribution in [2.24, 2.45) is 0 Å². The van der Waals surface area contributed by atoms with Crippen LogP contribution >= 0.6 is 7.26 Å². The Morgan fingerprint density at radius 1 is 0.463 bits per heavy atom. The van der Waals surface area contributed by atoms with E-state index in [1.54, 1.807) is 14.2 Å². The maximum atomic E-state index is 9.75. The Hall–Kier alpha value is -4.09. The van der Waals surface area contributed by atoms with Crippen LogP contribution in [0.3, 0.4) is 0 Å². The molecule has 0 fully saturated rings. The SMILES string of the molecule is COc1ccc(C(c2ccc(OC)cc2)[P+](c2ccccc2)(c2ccccc2)c2ccccc2)cc1.F[B-](F)(F)F. The van der Waals surface area contributed by atoms with E-state index in [4.69, 9.17) is 9.47 Å². The van der Waals surface area contributed by atoms with Crippen molar-refractivity contribution in [2.45, 2.75) is 5.66 Å². The molecular formula is C33H30BF4O2P. The Kier molecular flexibility index (Phi) is 9.85. The third-order valence-electron chi connectivity index (χ3n) is 6.74. The Bertz CT molecular complexity index is 1330. The molecule has 0 aliphatic rings. The van der Waals surface area contributed by atoms with E-state index in [1.807, 2.05) is 0 Å². The monoisotopic (exact) mass is 576 g/mol. The van der Waals surface area contributed by atoms with Crippen LogP contribution < -0.4 is 25.4 Å². The van der Waals surface area contributed by atoms with Gasteiger partial charge >= 0.3 is 7.25 Å². The van der Waals surface area contributed by atoms with Crippen molar-refractivity contribution in [3.8, 4) is 11.5 Å². The summed E-state index contributed by atoms with van der Waals surface area (Å²) in [5.41, 5.74) is 2.60. The average molecular weight is 576 g/mol. The number of halogens is 4. The molecular weight excluding hydrogens is 546 g/mol. The van der Waals surface area contributed by atoms with Gasteiger partial charge in [-0.15, -0.1) is 0 Å². The van der Waals surface area contributed by atoms with Gasteiger partial charge in [-0.3, -0.25) is 0 Å². The molecule has 0 amide bonds. The molecule has 0 aromatic heterocycles. The number of rotatable bonds is 8. The highest BCUT2D eigenvalue weighted by atomic mass is 31.2. The molecule has 41 heavy (non-hydrogen) atoms. The summed E-state index contributed by atoms with van der Waals surface area (Å²) in [6, 6.07) is 50.2. The standard InChI is InChI=1S/C33H30O2P.BF4/c1-34-28-22-18-26(19-23-28)33(27-20-24-29(35-2)25-21-27)36(30-12-6-3-7-13-30,31-14-8-4-9-15-31)32-16-10-5-11-17-32;2-1(3,4)5/h3-25,33H,1-2H3;/q+1;-1. The highest BCUT2D eigenvalue weighted by molar-refractivity contribution is 7.96. The smallest absolute Gasteiger partial charge is 0.497 e. The molecule has 8 heteroatoms. The third-order valence-corrected chi connectivity index (χ3v) is 11.4. The van der Waals surface area contributed by atoms with Gasteiger partial charge in [0.15, 0.2) is 0 Å². The lowest BCUT2D eigenvalue weighted by atomic mass is 10.0. The molecule has 0 heterocycles. The van der Waals surface area contributed by atoms with Crippen LogP contribution in [0.4, 0.5) is 17.3 Å². The Labute approximate surface area is 239 Å². The van der Waals surface area contributed by atoms with Crippen LogP contribution in [0.1, 0.15) is 16.8 Å². The maximum Gasteiger partial charge on any atom is 0.673 e. The van der Waals surface area contributed by atoms with Gasteiger partial charge < -0.3 is 26.7 Å². The van der Waals surface area contributed by atoms with E-state index >= 15 is 0 Å². The van der Waals surface area contributed by atoms with Crippen molar-refractivity contribution in [2.75, 3.05) is 14.2 Å². The number of hydrogen-bond acceptors (Lipinski definition) is 2. The van der Waals surface area contributed by atoms with Crippen molar-refractivity contribution in [1.29, 1.82) is 0 Å². The molecule has 0 atom stereocenters. The van der Waals surface area contributed by atoms with Crippen molar-refractivity contribution in [1.82, 2.24) is 0 Å². The van der Waals surface area contributed by atoms with Gasteiger partial charge in [0, 0.05) is 0 Å². The Balaban J connectivity index is 0.000000714. The first kappa shape index (κ1) is 29.9. The predicted molar refractivity (Wildman–Crippen MR) is 163 cm³/mol. The first-order valence-corrected chi connectivity index (χ1v) is 14.8. The minimum Gasteiger partial charge on any atom is -0.497 e. The molecule has 0 radical (unpaired) electrons. The van der Waals surface area contributed by atoms with Crippen molar-refractivity contribution in [3.63, 3.8) is 0 Å². The fourth-order valence-corrected chi connectivity index (χ4v) is 10.1. The fraction of sp³-hybridized carbons (Fsp3) is 0.0909. The zero-order chi connectivity index (χ0) is 29.3. The fourth-order valence-electron chi connectivity index (χ4n) is 5.10. The van der Waals surface area contributed by atoms with Crippen molar-refractivity contribution in [3.05, 3.63) is 151 Å². The first-order valence-electron chi connectivity index (χ1n) is 13.0. The maximum absolute atomic E-state index is 9.75. The van der Waals surface area contributed by atoms with Gasteiger partial charge in [-0.2, -0.15) is 0 Å². The summed E-state index contributed by atoms with van der Waals surface area (Å²) in [5.74, 6) is 1.71. The molecule has 0 bridgehead atoms. The second-order valence-corrected chi connectivity index (χ2v) is 12.7. The number of hydrogen-bond donors (Lipinski definition) is 0. The summed E-state index contributed by atoms with van der Waals surface area (Å²) in [5, 5.41) is 4.04. The third kappa shape index (κ3) is 7.17. The van der Waals surface area contributed by atoms with Crippen LogP contribution in [0.5, 0.6) is 11.5 Å². The topological polar surface area (TPSA) is 18.5 Å². The summed E-state index contributed by atoms with van der Waals surface area (Å²) >= 11 is 0. The number of methoxy groups -OCH3 is 2. The van der Waals surface area contributed by atoms with E-state index in [0.29, 0.717) is 0 Å². The van der Waals surface area contributed by atoms with Gasteiger partial charge in [-0.1, -0.05) is 78.9 Å². The molecule has 0 spiro atoms. The van der Waals surface area contributed by atoms with Crippen LogP contribution in [0.2, 0.25) is 0 Å². The highest BCUT2D eigenvalue weighted by Gasteiger charge is 2.53. The van der Waals surface area contributed by atoms with Crippen LogP contribution in [0.25, 0.3) is 0 Å². The molecule has 2 nitrogen and oxygen atoms in total. The van der Waals surface area contributed by atoms with Gasteiger partial charge in [0.25, 0.3) is 0 Å². The zero-order valence-electron chi connectivity index (χ0n) is 22.7. The molecule has 0 unspecified atom stereocenters. The minimum atomic E-state index is -6.00. The number of ether oxygens (including phenoxy) is 2. The summed E-state index contributed by atoms with van der Waals surface area (Å²) in [4.78, 5) is 0. The largest absolute Gasteiger partial charge is 0.673 e. The molecule has 0 saturated heterocycles. The van der Waals surface area contributed by atoms with E-state index in [9.17, 15) is 17.3 Å². The summed E-state index contributed by atoms with van der Waals surface area (Å²) in [6.45, 7) is 0. The van der Waals surface area contributed by atoms with Gasteiger partial charge in [0.2, 0.25) is 0 Å². The quantitative estimate of drug-likeness (QED) is 0.106. The van der Waals surface area contributed by atoms with E-state index in [1.165, 1.54) is 27.0 Å². The average Bonchev–Trinajstić information content (AvgIpc) is 3.00. The molecule has 0 saturated carbocycles. The van der Waals surface area contributed by atoms with Gasteiger partial charge in [-0.25, -0.2) is 0 Å². The highest BCUT2D eigenvalue weighted by Crippen LogP contribution is 2.69. The molecule has 0 aliphatic heterocycles. The summed E-state index contributed by atoms with van der Waals surface area (Å²) < 4.78 is 50.0. The summed E-state index contributed by atoms with van der Waals surface area (Å²) in [6.07, 6.45) is 0. The van der Waals surface area contributed by atoms with Crippen molar-refractivity contribution >= 4 is 30.4 Å².